The van der Waals surface area contributed by atoms with Crippen LogP contribution in [0.1, 0.15) is 40.2 Å². The first-order valence-corrected chi connectivity index (χ1v) is 7.41. The third kappa shape index (κ3) is 3.27. The van der Waals surface area contributed by atoms with E-state index in [0.29, 0.717) is 17.9 Å². The SMILES string of the molecule is CCOCOc1cc(C#N)ccc1B1OC(C)(C)C(C)(C)O1. The van der Waals surface area contributed by atoms with Gasteiger partial charge in [0.05, 0.1) is 22.8 Å². The fraction of sp³-hybridized carbons (Fsp3) is 0.562. The van der Waals surface area contributed by atoms with Crippen molar-refractivity contribution in [1.29, 1.82) is 5.26 Å². The fourth-order valence-corrected chi connectivity index (χ4v) is 2.08. The normalized spacial score (nSPS) is 19.0. The second-order valence-corrected chi connectivity index (χ2v) is 6.21. The Bertz CT molecular complexity index is 564. The molecule has 0 bridgehead atoms. The van der Waals surface area contributed by atoms with E-state index in [1.165, 1.54) is 0 Å². The van der Waals surface area contributed by atoms with Crippen LogP contribution in [-0.4, -0.2) is 31.7 Å². The molecule has 5 nitrogen and oxygen atoms in total. The summed E-state index contributed by atoms with van der Waals surface area (Å²) in [6.45, 7) is 10.6. The first-order valence-electron chi connectivity index (χ1n) is 7.41. The van der Waals surface area contributed by atoms with Crippen LogP contribution in [0.4, 0.5) is 0 Å². The number of hydrogen-bond acceptors (Lipinski definition) is 5. The van der Waals surface area contributed by atoms with Gasteiger partial charge in [-0.15, -0.1) is 0 Å². The molecule has 0 radical (unpaired) electrons. The zero-order valence-electron chi connectivity index (χ0n) is 13.8. The van der Waals surface area contributed by atoms with Crippen molar-refractivity contribution in [3.05, 3.63) is 23.8 Å². The first kappa shape index (κ1) is 16.8. The van der Waals surface area contributed by atoms with Gasteiger partial charge in [-0.2, -0.15) is 5.26 Å². The molecule has 0 unspecified atom stereocenters. The van der Waals surface area contributed by atoms with Crippen LogP contribution >= 0.6 is 0 Å². The Morgan fingerprint density at radius 3 is 2.36 bits per heavy atom. The van der Waals surface area contributed by atoms with Gasteiger partial charge in [0.2, 0.25) is 0 Å². The summed E-state index contributed by atoms with van der Waals surface area (Å²) in [6, 6.07) is 7.32. The van der Waals surface area contributed by atoms with E-state index in [2.05, 4.69) is 6.07 Å². The molecule has 0 atom stereocenters. The van der Waals surface area contributed by atoms with Gasteiger partial charge >= 0.3 is 7.12 Å². The summed E-state index contributed by atoms with van der Waals surface area (Å²) in [7, 11) is -0.533. The zero-order chi connectivity index (χ0) is 16.4. The molecule has 0 aliphatic carbocycles. The molecule has 22 heavy (non-hydrogen) atoms. The van der Waals surface area contributed by atoms with E-state index >= 15 is 0 Å². The molecule has 0 spiro atoms. The standard InChI is InChI=1S/C16H22BNO4/c1-6-19-11-20-14-9-12(10-18)7-8-13(14)17-21-15(2,3)16(4,5)22-17/h7-9H,6,11H2,1-5H3. The first-order chi connectivity index (χ1) is 10.3. The smallest absolute Gasteiger partial charge is 0.468 e. The summed E-state index contributed by atoms with van der Waals surface area (Å²) >= 11 is 0. The maximum Gasteiger partial charge on any atom is 0.498 e. The molecule has 1 aliphatic heterocycles. The predicted molar refractivity (Wildman–Crippen MR) is 84.0 cm³/mol. The number of nitrogens with zero attached hydrogens (tertiary/aromatic N) is 1. The molecule has 1 aliphatic rings. The number of nitriles is 1. The van der Waals surface area contributed by atoms with Gasteiger partial charge in [-0.3, -0.25) is 0 Å². The van der Waals surface area contributed by atoms with Gasteiger partial charge in [0.15, 0.2) is 6.79 Å². The molecule has 1 aromatic rings. The minimum absolute atomic E-state index is 0.123. The second kappa shape index (κ2) is 6.29. The Morgan fingerprint density at radius 2 is 1.82 bits per heavy atom. The molecule has 1 saturated heterocycles. The molecular formula is C16H22BNO4. The molecule has 0 amide bonds. The molecule has 0 N–H and O–H groups in total. The number of rotatable bonds is 5. The van der Waals surface area contributed by atoms with E-state index in [0.717, 1.165) is 5.46 Å². The Labute approximate surface area is 132 Å². The third-order valence-corrected chi connectivity index (χ3v) is 4.15. The monoisotopic (exact) mass is 303 g/mol. The van der Waals surface area contributed by atoms with Crippen molar-refractivity contribution in [3.63, 3.8) is 0 Å². The van der Waals surface area contributed by atoms with E-state index in [4.69, 9.17) is 24.0 Å². The van der Waals surface area contributed by atoms with E-state index in [-0.39, 0.29) is 6.79 Å². The minimum Gasteiger partial charge on any atom is -0.468 e. The highest BCUT2D eigenvalue weighted by Gasteiger charge is 2.52. The van der Waals surface area contributed by atoms with Gasteiger partial charge in [-0.1, -0.05) is 6.07 Å². The summed E-state index contributed by atoms with van der Waals surface area (Å²) in [6.07, 6.45) is 0. The maximum absolute atomic E-state index is 9.06. The lowest BCUT2D eigenvalue weighted by molar-refractivity contribution is 0.00578. The van der Waals surface area contributed by atoms with E-state index in [1.54, 1.807) is 12.1 Å². The van der Waals surface area contributed by atoms with Crippen molar-refractivity contribution in [1.82, 2.24) is 0 Å². The Hall–Kier alpha value is -1.55. The quantitative estimate of drug-likeness (QED) is 0.474. The summed E-state index contributed by atoms with van der Waals surface area (Å²) < 4.78 is 22.9. The van der Waals surface area contributed by atoms with E-state index in [1.807, 2.05) is 40.7 Å². The molecule has 0 aromatic heterocycles. The van der Waals surface area contributed by atoms with Crippen LogP contribution in [-0.2, 0) is 14.0 Å². The van der Waals surface area contributed by atoms with Crippen molar-refractivity contribution in [2.24, 2.45) is 0 Å². The van der Waals surface area contributed by atoms with Crippen LogP contribution in [0.15, 0.2) is 18.2 Å². The van der Waals surface area contributed by atoms with Crippen LogP contribution in [0, 0.1) is 11.3 Å². The molecule has 2 rings (SSSR count). The summed E-state index contributed by atoms with van der Waals surface area (Å²) in [5, 5.41) is 9.06. The second-order valence-electron chi connectivity index (χ2n) is 6.21. The fourth-order valence-electron chi connectivity index (χ4n) is 2.08. The number of hydrogen-bond donors (Lipinski definition) is 0. The molecule has 118 valence electrons. The average Bonchev–Trinajstić information content (AvgIpc) is 2.67. The lowest BCUT2D eigenvalue weighted by atomic mass is 9.78. The van der Waals surface area contributed by atoms with E-state index in [9.17, 15) is 0 Å². The number of benzene rings is 1. The van der Waals surface area contributed by atoms with Gasteiger partial charge in [0.1, 0.15) is 5.75 Å². The third-order valence-electron chi connectivity index (χ3n) is 4.15. The van der Waals surface area contributed by atoms with Crippen LogP contribution in [0.25, 0.3) is 0 Å². The minimum atomic E-state index is -0.533. The van der Waals surface area contributed by atoms with Gasteiger partial charge in [-0.25, -0.2) is 0 Å². The van der Waals surface area contributed by atoms with Crippen molar-refractivity contribution in [2.75, 3.05) is 13.4 Å². The zero-order valence-corrected chi connectivity index (χ0v) is 13.8. The highest BCUT2D eigenvalue weighted by Crippen LogP contribution is 2.37. The largest absolute Gasteiger partial charge is 0.498 e. The molecule has 1 fully saturated rings. The topological polar surface area (TPSA) is 60.7 Å². The van der Waals surface area contributed by atoms with Crippen LogP contribution in [0.5, 0.6) is 5.75 Å². The van der Waals surface area contributed by atoms with Gasteiger partial charge < -0.3 is 18.8 Å². The van der Waals surface area contributed by atoms with Crippen molar-refractivity contribution < 1.29 is 18.8 Å². The lowest BCUT2D eigenvalue weighted by Gasteiger charge is -2.32. The van der Waals surface area contributed by atoms with Crippen molar-refractivity contribution >= 4 is 12.6 Å². The Morgan fingerprint density at radius 1 is 1.18 bits per heavy atom. The summed E-state index contributed by atoms with van der Waals surface area (Å²) in [5.74, 6) is 0.547. The molecule has 1 heterocycles. The van der Waals surface area contributed by atoms with E-state index < -0.39 is 18.3 Å². The van der Waals surface area contributed by atoms with Crippen molar-refractivity contribution in [3.8, 4) is 11.8 Å². The van der Waals surface area contributed by atoms with Gasteiger partial charge in [0, 0.05) is 12.1 Å². The molecule has 1 aromatic carbocycles. The summed E-state index contributed by atoms with van der Waals surface area (Å²) in [4.78, 5) is 0. The highest BCUT2D eigenvalue weighted by molar-refractivity contribution is 6.63. The van der Waals surface area contributed by atoms with Crippen LogP contribution < -0.4 is 10.2 Å². The lowest BCUT2D eigenvalue weighted by Crippen LogP contribution is -2.41. The molecule has 6 heteroatoms. The maximum atomic E-state index is 9.06. The highest BCUT2D eigenvalue weighted by atomic mass is 16.7. The van der Waals surface area contributed by atoms with Crippen LogP contribution in [0.2, 0.25) is 0 Å². The Balaban J connectivity index is 2.29. The predicted octanol–water partition coefficient (Wildman–Crippen LogP) is 2.23. The van der Waals surface area contributed by atoms with Crippen molar-refractivity contribution in [2.45, 2.75) is 45.8 Å². The molecular weight excluding hydrogens is 281 g/mol. The average molecular weight is 303 g/mol. The molecule has 0 saturated carbocycles. The van der Waals surface area contributed by atoms with Gasteiger partial charge in [0.25, 0.3) is 0 Å². The Kier molecular flexibility index (Phi) is 4.81. The van der Waals surface area contributed by atoms with Gasteiger partial charge in [-0.05, 0) is 46.8 Å². The summed E-state index contributed by atoms with van der Waals surface area (Å²) in [5.41, 5.74) is 0.426. The number of ether oxygens (including phenoxy) is 2. The van der Waals surface area contributed by atoms with Crippen LogP contribution in [0.3, 0.4) is 0 Å².